The maximum absolute atomic E-state index is 11.9. The van der Waals surface area contributed by atoms with E-state index in [-0.39, 0.29) is 30.1 Å². The van der Waals surface area contributed by atoms with E-state index in [1.54, 1.807) is 24.3 Å². The lowest BCUT2D eigenvalue weighted by Crippen LogP contribution is -2.19. The van der Waals surface area contributed by atoms with Crippen LogP contribution in [0.2, 0.25) is 0 Å². The zero-order chi connectivity index (χ0) is 15.2. The molecule has 1 aromatic rings. The monoisotopic (exact) mass is 325 g/mol. The van der Waals surface area contributed by atoms with Gasteiger partial charge in [-0.2, -0.15) is 0 Å². The van der Waals surface area contributed by atoms with Gasteiger partial charge in [0, 0.05) is 23.7 Å². The number of carbonyl (C=O) groups excluding carboxylic acids is 2. The molecule has 122 valence electrons. The molecule has 6 heteroatoms. The standard InChI is InChI=1S/C16H23N3O2.ClH/c1-11(2)16(21)19-14-5-3-13(4-6-14)18-15(20)9-12-7-8-17-10-12;/h3-6,11-12,17H,7-10H2,1-2H3,(H,18,20)(H,19,21);1H. The van der Waals surface area contributed by atoms with Crippen molar-refractivity contribution in [3.05, 3.63) is 24.3 Å². The lowest BCUT2D eigenvalue weighted by molar-refractivity contribution is -0.119. The lowest BCUT2D eigenvalue weighted by Gasteiger charge is -2.11. The van der Waals surface area contributed by atoms with Crippen LogP contribution in [-0.4, -0.2) is 24.9 Å². The smallest absolute Gasteiger partial charge is 0.226 e. The first-order valence-electron chi connectivity index (χ1n) is 7.46. The molecule has 1 aliphatic heterocycles. The number of carbonyl (C=O) groups is 2. The van der Waals surface area contributed by atoms with E-state index in [0.29, 0.717) is 12.3 Å². The third-order valence-corrected chi connectivity index (χ3v) is 3.60. The molecule has 1 atom stereocenters. The Hall–Kier alpha value is -1.59. The van der Waals surface area contributed by atoms with Gasteiger partial charge in [-0.05, 0) is 49.7 Å². The Balaban J connectivity index is 0.00000242. The molecule has 2 amide bonds. The zero-order valence-electron chi connectivity index (χ0n) is 13.0. The van der Waals surface area contributed by atoms with Gasteiger partial charge in [-0.1, -0.05) is 13.8 Å². The molecule has 1 aromatic carbocycles. The normalized spacial score (nSPS) is 17.0. The van der Waals surface area contributed by atoms with Crippen molar-refractivity contribution in [2.24, 2.45) is 11.8 Å². The minimum absolute atomic E-state index is 0. The fourth-order valence-electron chi connectivity index (χ4n) is 2.29. The number of hydrogen-bond acceptors (Lipinski definition) is 3. The first-order chi connectivity index (χ1) is 10.0. The summed E-state index contributed by atoms with van der Waals surface area (Å²) in [6.45, 7) is 5.62. The molecule has 0 aliphatic carbocycles. The van der Waals surface area contributed by atoms with Crippen LogP contribution in [0, 0.1) is 11.8 Å². The maximum atomic E-state index is 11.9. The largest absolute Gasteiger partial charge is 0.326 e. The quantitative estimate of drug-likeness (QED) is 0.779. The number of nitrogens with one attached hydrogen (secondary N) is 3. The van der Waals surface area contributed by atoms with E-state index >= 15 is 0 Å². The highest BCUT2D eigenvalue weighted by atomic mass is 35.5. The number of rotatable bonds is 5. The Labute approximate surface area is 137 Å². The summed E-state index contributed by atoms with van der Waals surface area (Å²) in [6.07, 6.45) is 1.62. The van der Waals surface area contributed by atoms with E-state index in [2.05, 4.69) is 16.0 Å². The van der Waals surface area contributed by atoms with Gasteiger partial charge in [-0.3, -0.25) is 9.59 Å². The third kappa shape index (κ3) is 5.66. The highest BCUT2D eigenvalue weighted by Gasteiger charge is 2.18. The Kier molecular flexibility index (Phi) is 7.35. The molecular formula is C16H24ClN3O2. The molecule has 1 aliphatic rings. The number of benzene rings is 1. The van der Waals surface area contributed by atoms with Crippen molar-refractivity contribution in [2.45, 2.75) is 26.7 Å². The Morgan fingerprint density at radius 3 is 2.27 bits per heavy atom. The average molecular weight is 326 g/mol. The van der Waals surface area contributed by atoms with Gasteiger partial charge in [0.1, 0.15) is 0 Å². The maximum Gasteiger partial charge on any atom is 0.226 e. The molecule has 1 fully saturated rings. The molecule has 3 N–H and O–H groups in total. The van der Waals surface area contributed by atoms with Crippen molar-refractivity contribution in [1.29, 1.82) is 0 Å². The summed E-state index contributed by atoms with van der Waals surface area (Å²) in [5.74, 6) is 0.419. The van der Waals surface area contributed by atoms with Crippen molar-refractivity contribution >= 4 is 35.6 Å². The topological polar surface area (TPSA) is 70.2 Å². The minimum Gasteiger partial charge on any atom is -0.326 e. The van der Waals surface area contributed by atoms with Gasteiger partial charge >= 0.3 is 0 Å². The van der Waals surface area contributed by atoms with E-state index in [1.165, 1.54) is 0 Å². The molecule has 0 aromatic heterocycles. The summed E-state index contributed by atoms with van der Waals surface area (Å²) in [4.78, 5) is 23.5. The van der Waals surface area contributed by atoms with Crippen molar-refractivity contribution in [3.63, 3.8) is 0 Å². The van der Waals surface area contributed by atoms with Crippen LogP contribution < -0.4 is 16.0 Å². The van der Waals surface area contributed by atoms with E-state index in [9.17, 15) is 9.59 Å². The zero-order valence-corrected chi connectivity index (χ0v) is 13.8. The summed E-state index contributed by atoms with van der Waals surface area (Å²) < 4.78 is 0. The fourth-order valence-corrected chi connectivity index (χ4v) is 2.29. The molecule has 0 radical (unpaired) electrons. The molecule has 2 rings (SSSR count). The first-order valence-corrected chi connectivity index (χ1v) is 7.46. The van der Waals surface area contributed by atoms with Gasteiger partial charge in [-0.15, -0.1) is 12.4 Å². The number of hydrogen-bond donors (Lipinski definition) is 3. The van der Waals surface area contributed by atoms with Crippen LogP contribution in [0.15, 0.2) is 24.3 Å². The Morgan fingerprint density at radius 1 is 1.18 bits per heavy atom. The van der Waals surface area contributed by atoms with Crippen molar-refractivity contribution < 1.29 is 9.59 Å². The lowest BCUT2D eigenvalue weighted by atomic mass is 10.0. The number of amides is 2. The second-order valence-electron chi connectivity index (χ2n) is 5.83. The third-order valence-electron chi connectivity index (χ3n) is 3.60. The number of anilines is 2. The first kappa shape index (κ1) is 18.5. The molecular weight excluding hydrogens is 302 g/mol. The van der Waals surface area contributed by atoms with Crippen LogP contribution in [0.5, 0.6) is 0 Å². The fraction of sp³-hybridized carbons (Fsp3) is 0.500. The van der Waals surface area contributed by atoms with Gasteiger partial charge < -0.3 is 16.0 Å². The van der Waals surface area contributed by atoms with Crippen LogP contribution in [0.3, 0.4) is 0 Å². The average Bonchev–Trinajstić information content (AvgIpc) is 2.93. The Morgan fingerprint density at radius 2 is 1.77 bits per heavy atom. The summed E-state index contributed by atoms with van der Waals surface area (Å²) in [7, 11) is 0. The molecule has 0 bridgehead atoms. The highest BCUT2D eigenvalue weighted by Crippen LogP contribution is 2.17. The second-order valence-corrected chi connectivity index (χ2v) is 5.83. The van der Waals surface area contributed by atoms with Crippen LogP contribution >= 0.6 is 12.4 Å². The van der Waals surface area contributed by atoms with E-state index in [4.69, 9.17) is 0 Å². The summed E-state index contributed by atoms with van der Waals surface area (Å²) >= 11 is 0. The van der Waals surface area contributed by atoms with Gasteiger partial charge in [0.05, 0.1) is 0 Å². The molecule has 1 saturated heterocycles. The Bertz CT molecular complexity index is 497. The second kappa shape index (κ2) is 8.76. The predicted molar refractivity (Wildman–Crippen MR) is 91.4 cm³/mol. The van der Waals surface area contributed by atoms with Gasteiger partial charge in [0.15, 0.2) is 0 Å². The molecule has 0 saturated carbocycles. The molecule has 1 unspecified atom stereocenters. The van der Waals surface area contributed by atoms with Gasteiger partial charge in [-0.25, -0.2) is 0 Å². The summed E-state index contributed by atoms with van der Waals surface area (Å²) in [6, 6.07) is 7.21. The van der Waals surface area contributed by atoms with Crippen LogP contribution in [0.25, 0.3) is 0 Å². The van der Waals surface area contributed by atoms with Crippen molar-refractivity contribution in [3.8, 4) is 0 Å². The van der Waals surface area contributed by atoms with Crippen LogP contribution in [0.1, 0.15) is 26.7 Å². The van der Waals surface area contributed by atoms with Gasteiger partial charge in [0.25, 0.3) is 0 Å². The highest BCUT2D eigenvalue weighted by molar-refractivity contribution is 5.93. The SMILES string of the molecule is CC(C)C(=O)Nc1ccc(NC(=O)CC2CCNC2)cc1.Cl. The molecule has 1 heterocycles. The summed E-state index contributed by atoms with van der Waals surface area (Å²) in [5.41, 5.74) is 1.50. The molecule has 22 heavy (non-hydrogen) atoms. The predicted octanol–water partition coefficient (Wildman–Crippen LogP) is 2.64. The molecule has 0 spiro atoms. The number of halogens is 1. The van der Waals surface area contributed by atoms with E-state index in [0.717, 1.165) is 30.9 Å². The van der Waals surface area contributed by atoms with Crippen molar-refractivity contribution in [2.75, 3.05) is 23.7 Å². The van der Waals surface area contributed by atoms with Crippen molar-refractivity contribution in [1.82, 2.24) is 5.32 Å². The molecule has 5 nitrogen and oxygen atoms in total. The van der Waals surface area contributed by atoms with E-state index < -0.39 is 0 Å². The summed E-state index contributed by atoms with van der Waals surface area (Å²) in [5, 5.41) is 8.97. The van der Waals surface area contributed by atoms with Crippen LogP contribution in [0.4, 0.5) is 11.4 Å². The van der Waals surface area contributed by atoms with Gasteiger partial charge in [0.2, 0.25) is 11.8 Å². The van der Waals surface area contributed by atoms with E-state index in [1.807, 2.05) is 13.8 Å². The minimum atomic E-state index is -0.0515. The van der Waals surface area contributed by atoms with Crippen LogP contribution in [-0.2, 0) is 9.59 Å².